The first-order chi connectivity index (χ1) is 9.50. The van der Waals surface area contributed by atoms with Crippen molar-refractivity contribution in [3.05, 3.63) is 0 Å². The van der Waals surface area contributed by atoms with Crippen molar-refractivity contribution >= 4 is 31.3 Å². The number of sulfone groups is 2. The standard InChI is InChI=1S/C11H20N4O4S2/c1-4-13-10-8(20(3,16)17)9(12)15(14-10)11(2)5-6-21(18,19)7-11/h4-7,12H2,1-3H3,(H,13,14). The third kappa shape index (κ3) is 2.86. The Bertz CT molecular complexity index is 766. The summed E-state index contributed by atoms with van der Waals surface area (Å²) in [4.78, 5) is -0.0742. The van der Waals surface area contributed by atoms with Gasteiger partial charge in [0.25, 0.3) is 0 Å². The zero-order valence-electron chi connectivity index (χ0n) is 12.2. The van der Waals surface area contributed by atoms with Crippen LogP contribution in [0.25, 0.3) is 0 Å². The van der Waals surface area contributed by atoms with Crippen molar-refractivity contribution in [1.29, 1.82) is 0 Å². The van der Waals surface area contributed by atoms with Gasteiger partial charge in [-0.1, -0.05) is 0 Å². The number of nitrogens with one attached hydrogen (secondary N) is 1. The van der Waals surface area contributed by atoms with Gasteiger partial charge in [-0.3, -0.25) is 0 Å². The zero-order valence-corrected chi connectivity index (χ0v) is 13.9. The summed E-state index contributed by atoms with van der Waals surface area (Å²) >= 11 is 0. The number of anilines is 2. The lowest BCUT2D eigenvalue weighted by Gasteiger charge is -2.24. The lowest BCUT2D eigenvalue weighted by molar-refractivity contribution is 0.334. The summed E-state index contributed by atoms with van der Waals surface area (Å²) < 4.78 is 48.6. The second-order valence-corrected chi connectivity index (χ2v) is 9.75. The molecule has 0 spiro atoms. The maximum Gasteiger partial charge on any atom is 0.182 e. The molecule has 3 N–H and O–H groups in total. The van der Waals surface area contributed by atoms with Gasteiger partial charge in [-0.05, 0) is 20.3 Å². The molecule has 1 unspecified atom stereocenters. The minimum Gasteiger partial charge on any atom is -0.383 e. The summed E-state index contributed by atoms with van der Waals surface area (Å²) in [5, 5.41) is 7.09. The minimum atomic E-state index is -3.57. The predicted molar refractivity (Wildman–Crippen MR) is 80.8 cm³/mol. The minimum absolute atomic E-state index is 0.0203. The van der Waals surface area contributed by atoms with E-state index in [0.29, 0.717) is 13.0 Å². The van der Waals surface area contributed by atoms with Gasteiger partial charge in [0.2, 0.25) is 0 Å². The van der Waals surface area contributed by atoms with Crippen LogP contribution in [0.1, 0.15) is 20.3 Å². The number of hydrogen-bond acceptors (Lipinski definition) is 7. The van der Waals surface area contributed by atoms with Crippen LogP contribution in [0.15, 0.2) is 4.90 Å². The van der Waals surface area contributed by atoms with Crippen LogP contribution in [0.2, 0.25) is 0 Å². The molecular formula is C11H20N4O4S2. The van der Waals surface area contributed by atoms with Crippen molar-refractivity contribution in [2.24, 2.45) is 0 Å². The van der Waals surface area contributed by atoms with Gasteiger partial charge in [-0.25, -0.2) is 21.5 Å². The Morgan fingerprint density at radius 3 is 2.52 bits per heavy atom. The fraction of sp³-hybridized carbons (Fsp3) is 0.727. The Hall–Kier alpha value is -1.29. The molecule has 120 valence electrons. The molecule has 1 aliphatic heterocycles. The Kier molecular flexibility index (Phi) is 3.73. The number of hydrogen-bond donors (Lipinski definition) is 2. The van der Waals surface area contributed by atoms with Gasteiger partial charge < -0.3 is 11.1 Å². The molecule has 0 radical (unpaired) electrons. The number of nitrogens with zero attached hydrogens (tertiary/aromatic N) is 2. The van der Waals surface area contributed by atoms with Crippen LogP contribution in [-0.2, 0) is 25.2 Å². The highest BCUT2D eigenvalue weighted by atomic mass is 32.2. The van der Waals surface area contributed by atoms with E-state index in [2.05, 4.69) is 10.4 Å². The van der Waals surface area contributed by atoms with E-state index >= 15 is 0 Å². The molecule has 1 saturated heterocycles. The van der Waals surface area contributed by atoms with E-state index < -0.39 is 25.2 Å². The smallest absolute Gasteiger partial charge is 0.182 e. The van der Waals surface area contributed by atoms with Gasteiger partial charge in [0.05, 0.1) is 17.0 Å². The Balaban J connectivity index is 2.62. The van der Waals surface area contributed by atoms with E-state index in [9.17, 15) is 16.8 Å². The van der Waals surface area contributed by atoms with Crippen LogP contribution in [0, 0.1) is 0 Å². The third-order valence-corrected chi connectivity index (χ3v) is 6.62. The highest BCUT2D eigenvalue weighted by Gasteiger charge is 2.43. The van der Waals surface area contributed by atoms with E-state index in [4.69, 9.17) is 5.73 Å². The number of rotatable bonds is 4. The summed E-state index contributed by atoms with van der Waals surface area (Å²) in [6.07, 6.45) is 1.41. The zero-order chi connectivity index (χ0) is 16.1. The molecule has 1 aromatic rings. The molecule has 0 saturated carbocycles. The molecular weight excluding hydrogens is 316 g/mol. The predicted octanol–water partition coefficient (Wildman–Crippen LogP) is -0.166. The monoisotopic (exact) mass is 336 g/mol. The Morgan fingerprint density at radius 2 is 2.10 bits per heavy atom. The largest absolute Gasteiger partial charge is 0.383 e. The first-order valence-corrected chi connectivity index (χ1v) is 10.2. The Labute approximate surface area is 124 Å². The molecule has 2 heterocycles. The molecule has 1 aromatic heterocycles. The SMILES string of the molecule is CCNc1nn(C2(C)CCS(=O)(=O)C2)c(N)c1S(C)(=O)=O. The average molecular weight is 336 g/mol. The van der Waals surface area contributed by atoms with Crippen LogP contribution < -0.4 is 11.1 Å². The second kappa shape index (κ2) is 4.87. The topological polar surface area (TPSA) is 124 Å². The van der Waals surface area contributed by atoms with Crippen molar-refractivity contribution in [2.75, 3.05) is 35.4 Å². The van der Waals surface area contributed by atoms with Gasteiger partial charge in [-0.2, -0.15) is 5.10 Å². The molecule has 2 rings (SSSR count). The fourth-order valence-electron chi connectivity index (χ4n) is 2.64. The van der Waals surface area contributed by atoms with Crippen molar-refractivity contribution in [2.45, 2.75) is 30.7 Å². The molecule has 10 heteroatoms. The summed E-state index contributed by atoms with van der Waals surface area (Å²) in [6.45, 7) is 4.01. The number of nitrogen functional groups attached to an aromatic ring is 1. The summed E-state index contributed by atoms with van der Waals surface area (Å²) in [6, 6.07) is 0. The second-order valence-electron chi connectivity index (χ2n) is 5.62. The van der Waals surface area contributed by atoms with Crippen molar-refractivity contribution < 1.29 is 16.8 Å². The quantitative estimate of drug-likeness (QED) is 0.782. The van der Waals surface area contributed by atoms with Crippen LogP contribution in [0.5, 0.6) is 0 Å². The molecule has 8 nitrogen and oxygen atoms in total. The van der Waals surface area contributed by atoms with Crippen LogP contribution in [0.3, 0.4) is 0 Å². The van der Waals surface area contributed by atoms with E-state index in [1.807, 2.05) is 6.92 Å². The van der Waals surface area contributed by atoms with E-state index in [0.717, 1.165) is 6.26 Å². The summed E-state index contributed by atoms with van der Waals surface area (Å²) in [5.74, 6) is 0.102. The first-order valence-electron chi connectivity index (χ1n) is 6.53. The van der Waals surface area contributed by atoms with E-state index in [1.54, 1.807) is 6.92 Å². The molecule has 1 aliphatic rings. The lowest BCUT2D eigenvalue weighted by Crippen LogP contribution is -2.33. The highest BCUT2D eigenvalue weighted by molar-refractivity contribution is 7.91. The third-order valence-electron chi connectivity index (χ3n) is 3.58. The maximum absolute atomic E-state index is 11.9. The van der Waals surface area contributed by atoms with E-state index in [-0.39, 0.29) is 28.0 Å². The van der Waals surface area contributed by atoms with Crippen LogP contribution in [-0.4, -0.2) is 50.9 Å². The van der Waals surface area contributed by atoms with Gasteiger partial charge in [0, 0.05) is 12.8 Å². The Morgan fingerprint density at radius 1 is 1.48 bits per heavy atom. The van der Waals surface area contributed by atoms with Crippen LogP contribution >= 0.6 is 0 Å². The highest BCUT2D eigenvalue weighted by Crippen LogP contribution is 2.37. The van der Waals surface area contributed by atoms with Gasteiger partial charge in [-0.15, -0.1) is 0 Å². The fourth-order valence-corrected chi connectivity index (χ4v) is 5.68. The summed E-state index contributed by atoms with van der Waals surface area (Å²) in [5.41, 5.74) is 5.14. The van der Waals surface area contributed by atoms with Gasteiger partial charge >= 0.3 is 0 Å². The van der Waals surface area contributed by atoms with E-state index in [1.165, 1.54) is 4.68 Å². The number of nitrogens with two attached hydrogens (primary N) is 1. The first kappa shape index (κ1) is 16.1. The molecule has 0 amide bonds. The van der Waals surface area contributed by atoms with Crippen molar-refractivity contribution in [1.82, 2.24) is 9.78 Å². The molecule has 21 heavy (non-hydrogen) atoms. The van der Waals surface area contributed by atoms with Crippen molar-refractivity contribution in [3.63, 3.8) is 0 Å². The maximum atomic E-state index is 11.9. The molecule has 1 fully saturated rings. The molecule has 1 atom stereocenters. The van der Waals surface area contributed by atoms with Crippen LogP contribution in [0.4, 0.5) is 11.6 Å². The lowest BCUT2D eigenvalue weighted by atomic mass is 10.0. The van der Waals surface area contributed by atoms with Gasteiger partial charge in [0.15, 0.2) is 30.4 Å². The van der Waals surface area contributed by atoms with Crippen molar-refractivity contribution in [3.8, 4) is 0 Å². The number of aromatic nitrogens is 2. The average Bonchev–Trinajstić information content (AvgIpc) is 2.77. The van der Waals surface area contributed by atoms with Gasteiger partial charge in [0.1, 0.15) is 5.82 Å². The normalized spacial score (nSPS) is 25.1. The molecule has 0 bridgehead atoms. The molecule has 0 aromatic carbocycles. The summed E-state index contributed by atoms with van der Waals surface area (Å²) in [7, 11) is -6.73. The molecule has 0 aliphatic carbocycles.